The van der Waals surface area contributed by atoms with Crippen LogP contribution in [0.1, 0.15) is 42.9 Å². The highest BCUT2D eigenvalue weighted by molar-refractivity contribution is 5.89. The first-order chi connectivity index (χ1) is 13.7. The van der Waals surface area contributed by atoms with Gasteiger partial charge in [-0.05, 0) is 41.7 Å². The smallest absolute Gasteiger partial charge is 0.220 e. The fourth-order valence-corrected chi connectivity index (χ4v) is 3.95. The minimum absolute atomic E-state index is 0.0308. The molecule has 2 N–H and O–H groups in total. The summed E-state index contributed by atoms with van der Waals surface area (Å²) in [5.41, 5.74) is 1.68. The standard InChI is InChI=1S/C24H25NO3/c26-21-14-12-17-7-4-5-11-20(17)23(21)24(18-8-2-1-3-9-18)25-22(27)15-13-19-10-6-16-28-19/h1-5,7-9,11-12,14,19,24,26H,6,10,13,15-16H2,(H,25,27)/t19-,24-/m0/s1. The van der Waals surface area contributed by atoms with Crippen molar-refractivity contribution < 1.29 is 14.6 Å². The van der Waals surface area contributed by atoms with Crippen molar-refractivity contribution in [3.05, 3.63) is 77.9 Å². The number of ether oxygens (including phenoxy) is 1. The molecule has 4 rings (SSSR count). The monoisotopic (exact) mass is 375 g/mol. The quantitative estimate of drug-likeness (QED) is 0.656. The van der Waals surface area contributed by atoms with E-state index in [2.05, 4.69) is 5.32 Å². The highest BCUT2D eigenvalue weighted by atomic mass is 16.5. The summed E-state index contributed by atoms with van der Waals surface area (Å²) in [5, 5.41) is 15.8. The molecule has 1 fully saturated rings. The molecule has 0 bridgehead atoms. The van der Waals surface area contributed by atoms with Gasteiger partial charge >= 0.3 is 0 Å². The molecule has 0 radical (unpaired) electrons. The maximum Gasteiger partial charge on any atom is 0.220 e. The number of rotatable bonds is 6. The van der Waals surface area contributed by atoms with E-state index in [9.17, 15) is 9.90 Å². The van der Waals surface area contributed by atoms with Gasteiger partial charge in [-0.15, -0.1) is 0 Å². The molecule has 1 saturated heterocycles. The molecule has 1 aliphatic rings. The van der Waals surface area contributed by atoms with Gasteiger partial charge in [0, 0.05) is 18.6 Å². The number of amides is 1. The van der Waals surface area contributed by atoms with E-state index in [1.165, 1.54) is 0 Å². The van der Waals surface area contributed by atoms with Crippen LogP contribution in [-0.2, 0) is 9.53 Å². The molecule has 28 heavy (non-hydrogen) atoms. The van der Waals surface area contributed by atoms with Crippen molar-refractivity contribution in [2.45, 2.75) is 37.8 Å². The first-order valence-corrected chi connectivity index (χ1v) is 9.89. The molecule has 3 aromatic rings. The van der Waals surface area contributed by atoms with E-state index in [1.54, 1.807) is 6.07 Å². The van der Waals surface area contributed by atoms with Crippen molar-refractivity contribution in [1.82, 2.24) is 5.32 Å². The Morgan fingerprint density at radius 3 is 2.64 bits per heavy atom. The Bertz CT molecular complexity index is 948. The van der Waals surface area contributed by atoms with Crippen LogP contribution in [0.2, 0.25) is 0 Å². The topological polar surface area (TPSA) is 58.6 Å². The largest absolute Gasteiger partial charge is 0.508 e. The summed E-state index contributed by atoms with van der Waals surface area (Å²) in [7, 11) is 0. The van der Waals surface area contributed by atoms with Gasteiger partial charge in [-0.3, -0.25) is 4.79 Å². The fourth-order valence-electron chi connectivity index (χ4n) is 3.95. The number of nitrogens with one attached hydrogen (secondary N) is 1. The summed E-state index contributed by atoms with van der Waals surface area (Å²) in [6.45, 7) is 0.794. The average Bonchev–Trinajstić information content (AvgIpc) is 3.25. The number of carbonyl (C=O) groups is 1. The van der Waals surface area contributed by atoms with Gasteiger partial charge in [-0.2, -0.15) is 0 Å². The Morgan fingerprint density at radius 2 is 1.86 bits per heavy atom. The number of carbonyl (C=O) groups excluding carboxylic acids is 1. The van der Waals surface area contributed by atoms with Gasteiger partial charge in [0.25, 0.3) is 0 Å². The van der Waals surface area contributed by atoms with Crippen LogP contribution in [0.3, 0.4) is 0 Å². The van der Waals surface area contributed by atoms with Crippen molar-refractivity contribution in [3.63, 3.8) is 0 Å². The third-order valence-electron chi connectivity index (χ3n) is 5.39. The molecular formula is C24H25NO3. The van der Waals surface area contributed by atoms with Gasteiger partial charge in [0.2, 0.25) is 5.91 Å². The van der Waals surface area contributed by atoms with Gasteiger partial charge in [0.15, 0.2) is 0 Å². The lowest BCUT2D eigenvalue weighted by Gasteiger charge is -2.23. The maximum absolute atomic E-state index is 12.8. The third kappa shape index (κ3) is 4.02. The molecule has 2 atom stereocenters. The molecule has 0 saturated carbocycles. The number of hydrogen-bond acceptors (Lipinski definition) is 3. The van der Waals surface area contributed by atoms with Crippen LogP contribution in [0.4, 0.5) is 0 Å². The average molecular weight is 375 g/mol. The Labute approximate surface area is 165 Å². The molecule has 144 valence electrons. The van der Waals surface area contributed by atoms with Crippen LogP contribution in [-0.4, -0.2) is 23.7 Å². The van der Waals surface area contributed by atoms with Crippen molar-refractivity contribution in [2.75, 3.05) is 6.61 Å². The number of fused-ring (bicyclic) bond motifs is 1. The van der Waals surface area contributed by atoms with E-state index < -0.39 is 6.04 Å². The molecule has 4 heteroatoms. The summed E-state index contributed by atoms with van der Waals surface area (Å²) in [4.78, 5) is 12.8. The second-order valence-corrected chi connectivity index (χ2v) is 7.30. The third-order valence-corrected chi connectivity index (χ3v) is 5.39. The highest BCUT2D eigenvalue weighted by Crippen LogP contribution is 2.36. The first kappa shape index (κ1) is 18.5. The Balaban J connectivity index is 1.65. The summed E-state index contributed by atoms with van der Waals surface area (Å²) in [5.74, 6) is 0.156. The molecular weight excluding hydrogens is 350 g/mol. The zero-order valence-corrected chi connectivity index (χ0v) is 15.8. The van der Waals surface area contributed by atoms with E-state index in [0.717, 1.165) is 47.8 Å². The Kier molecular flexibility index (Phi) is 5.58. The second-order valence-electron chi connectivity index (χ2n) is 7.30. The zero-order valence-electron chi connectivity index (χ0n) is 15.8. The number of phenols is 1. The van der Waals surface area contributed by atoms with E-state index >= 15 is 0 Å². The number of benzene rings is 3. The van der Waals surface area contributed by atoms with E-state index in [4.69, 9.17) is 4.74 Å². The highest BCUT2D eigenvalue weighted by Gasteiger charge is 2.23. The van der Waals surface area contributed by atoms with Gasteiger partial charge in [0.05, 0.1) is 12.1 Å². The predicted molar refractivity (Wildman–Crippen MR) is 110 cm³/mol. The lowest BCUT2D eigenvalue weighted by Crippen LogP contribution is -2.30. The lowest BCUT2D eigenvalue weighted by atomic mass is 9.92. The minimum Gasteiger partial charge on any atom is -0.508 e. The normalized spacial score (nSPS) is 17.5. The molecule has 4 nitrogen and oxygen atoms in total. The lowest BCUT2D eigenvalue weighted by molar-refractivity contribution is -0.122. The van der Waals surface area contributed by atoms with Crippen molar-refractivity contribution in [2.24, 2.45) is 0 Å². The van der Waals surface area contributed by atoms with Crippen molar-refractivity contribution in [3.8, 4) is 5.75 Å². The van der Waals surface area contributed by atoms with Gasteiger partial charge in [-0.1, -0.05) is 60.7 Å². The minimum atomic E-state index is -0.413. The fraction of sp³-hybridized carbons (Fsp3) is 0.292. The molecule has 1 aliphatic heterocycles. The summed E-state index contributed by atoms with van der Waals surface area (Å²) in [6.07, 6.45) is 3.43. The van der Waals surface area contributed by atoms with Crippen LogP contribution >= 0.6 is 0 Å². The molecule has 0 aliphatic carbocycles. The van der Waals surface area contributed by atoms with Gasteiger partial charge in [-0.25, -0.2) is 0 Å². The number of aromatic hydroxyl groups is 1. The van der Waals surface area contributed by atoms with E-state index in [-0.39, 0.29) is 17.8 Å². The van der Waals surface area contributed by atoms with Gasteiger partial charge < -0.3 is 15.2 Å². The van der Waals surface area contributed by atoms with E-state index in [0.29, 0.717) is 6.42 Å². The van der Waals surface area contributed by atoms with Crippen LogP contribution in [0, 0.1) is 0 Å². The van der Waals surface area contributed by atoms with Crippen molar-refractivity contribution in [1.29, 1.82) is 0 Å². The van der Waals surface area contributed by atoms with Crippen molar-refractivity contribution >= 4 is 16.7 Å². The number of phenolic OH excluding ortho intramolecular Hbond substituents is 1. The molecule has 3 aromatic carbocycles. The summed E-state index contributed by atoms with van der Waals surface area (Å²) >= 11 is 0. The van der Waals surface area contributed by atoms with Crippen LogP contribution < -0.4 is 5.32 Å². The maximum atomic E-state index is 12.8. The zero-order chi connectivity index (χ0) is 19.3. The van der Waals surface area contributed by atoms with E-state index in [1.807, 2.05) is 60.7 Å². The van der Waals surface area contributed by atoms with Crippen LogP contribution in [0.25, 0.3) is 10.8 Å². The predicted octanol–water partition coefficient (Wildman–Crippen LogP) is 4.71. The number of hydrogen-bond donors (Lipinski definition) is 2. The molecule has 0 aromatic heterocycles. The molecule has 0 unspecified atom stereocenters. The van der Waals surface area contributed by atoms with Crippen LogP contribution in [0.15, 0.2) is 66.7 Å². The Hall–Kier alpha value is -2.85. The molecule has 1 amide bonds. The van der Waals surface area contributed by atoms with Gasteiger partial charge in [0.1, 0.15) is 5.75 Å². The van der Waals surface area contributed by atoms with Crippen LogP contribution in [0.5, 0.6) is 5.75 Å². The molecule has 0 spiro atoms. The summed E-state index contributed by atoms with van der Waals surface area (Å²) in [6, 6.07) is 20.9. The second kappa shape index (κ2) is 8.44. The SMILES string of the molecule is O=C(CC[C@@H]1CCCO1)N[C@@H](c1ccccc1)c1c(O)ccc2ccccc12. The molecule has 1 heterocycles. The Morgan fingerprint density at radius 1 is 1.07 bits per heavy atom. The summed E-state index contributed by atoms with van der Waals surface area (Å²) < 4.78 is 5.63. The first-order valence-electron chi connectivity index (χ1n) is 9.89.